The summed E-state index contributed by atoms with van der Waals surface area (Å²) in [6.07, 6.45) is 2.13. The van der Waals surface area contributed by atoms with Gasteiger partial charge in [-0.2, -0.15) is 8.78 Å². The van der Waals surface area contributed by atoms with Gasteiger partial charge in [-0.05, 0) is 30.5 Å². The number of nitrogen functional groups attached to an aromatic ring is 1. The van der Waals surface area contributed by atoms with Crippen LogP contribution < -0.4 is 10.5 Å². The highest BCUT2D eigenvalue weighted by atomic mass is 19.3. The highest BCUT2D eigenvalue weighted by Gasteiger charge is 2.32. The molecule has 0 bridgehead atoms. The van der Waals surface area contributed by atoms with Gasteiger partial charge in [-0.15, -0.1) is 0 Å². The van der Waals surface area contributed by atoms with Gasteiger partial charge in [0.2, 0.25) is 0 Å². The van der Waals surface area contributed by atoms with Crippen LogP contribution in [0.25, 0.3) is 11.1 Å². The minimum Gasteiger partial charge on any atom is -0.435 e. The third-order valence-corrected chi connectivity index (χ3v) is 3.06. The van der Waals surface area contributed by atoms with E-state index in [-0.39, 0.29) is 5.75 Å². The zero-order chi connectivity index (χ0) is 13.4. The predicted octanol–water partition coefficient (Wildman–Crippen LogP) is 3.40. The van der Waals surface area contributed by atoms with Gasteiger partial charge in [0, 0.05) is 5.92 Å². The minimum atomic E-state index is -2.83. The lowest BCUT2D eigenvalue weighted by atomic mass is 10.0. The fraction of sp³-hybridized carbons (Fsp3) is 0.308. The van der Waals surface area contributed by atoms with Gasteiger partial charge in [-0.3, -0.25) is 0 Å². The molecule has 1 fully saturated rings. The lowest BCUT2D eigenvalue weighted by Gasteiger charge is -2.06. The Labute approximate surface area is 108 Å². The van der Waals surface area contributed by atoms with E-state index in [1.54, 1.807) is 12.1 Å². The van der Waals surface area contributed by atoms with Crippen molar-refractivity contribution in [3.05, 3.63) is 30.0 Å². The summed E-state index contributed by atoms with van der Waals surface area (Å²) in [6.45, 7) is -2.83. The van der Waals surface area contributed by atoms with Crippen molar-refractivity contribution < 1.29 is 18.0 Å². The molecule has 0 radical (unpaired) electrons. The highest BCUT2D eigenvalue weighted by Crippen LogP contribution is 2.46. The monoisotopic (exact) mass is 266 g/mol. The van der Waals surface area contributed by atoms with Crippen molar-refractivity contribution in [2.45, 2.75) is 25.4 Å². The smallest absolute Gasteiger partial charge is 0.387 e. The summed E-state index contributed by atoms with van der Waals surface area (Å²) in [5, 5.41) is 3.78. The summed E-state index contributed by atoms with van der Waals surface area (Å²) in [4.78, 5) is 0. The number of aromatic nitrogens is 1. The molecule has 1 heterocycles. The van der Waals surface area contributed by atoms with Gasteiger partial charge in [0.1, 0.15) is 11.5 Å². The van der Waals surface area contributed by atoms with Gasteiger partial charge >= 0.3 is 6.61 Å². The molecule has 0 saturated heterocycles. The third-order valence-electron chi connectivity index (χ3n) is 3.06. The average Bonchev–Trinajstić information content (AvgIpc) is 3.14. The summed E-state index contributed by atoms with van der Waals surface area (Å²) in [6, 6.07) is 6.30. The van der Waals surface area contributed by atoms with Crippen LogP contribution >= 0.6 is 0 Å². The van der Waals surface area contributed by atoms with Gasteiger partial charge < -0.3 is 15.0 Å². The number of anilines is 1. The number of rotatable bonds is 4. The molecule has 0 atom stereocenters. The van der Waals surface area contributed by atoms with Crippen LogP contribution in [0.4, 0.5) is 14.6 Å². The Kier molecular flexibility index (Phi) is 2.85. The Morgan fingerprint density at radius 2 is 1.95 bits per heavy atom. The zero-order valence-corrected chi connectivity index (χ0v) is 9.98. The van der Waals surface area contributed by atoms with Crippen LogP contribution in [0.15, 0.2) is 28.8 Å². The maximum Gasteiger partial charge on any atom is 0.387 e. The Bertz CT molecular complexity index is 577. The van der Waals surface area contributed by atoms with Gasteiger partial charge in [-0.1, -0.05) is 17.3 Å². The number of nitrogens with zero attached hydrogens (tertiary/aromatic N) is 1. The molecule has 4 nitrogen and oxygen atoms in total. The maximum atomic E-state index is 12.1. The number of benzene rings is 1. The molecule has 19 heavy (non-hydrogen) atoms. The second kappa shape index (κ2) is 4.53. The maximum absolute atomic E-state index is 12.1. The van der Waals surface area contributed by atoms with Crippen LogP contribution in [0.3, 0.4) is 0 Å². The largest absolute Gasteiger partial charge is 0.435 e. The molecule has 0 unspecified atom stereocenters. The molecule has 0 spiro atoms. The molecule has 100 valence electrons. The Hall–Kier alpha value is -2.11. The molecule has 3 rings (SSSR count). The van der Waals surface area contributed by atoms with E-state index in [1.807, 2.05) is 0 Å². The first-order valence-electron chi connectivity index (χ1n) is 5.95. The summed E-state index contributed by atoms with van der Waals surface area (Å²) in [7, 11) is 0. The minimum absolute atomic E-state index is 0.113. The van der Waals surface area contributed by atoms with E-state index in [4.69, 9.17) is 10.3 Å². The van der Waals surface area contributed by atoms with Crippen molar-refractivity contribution >= 4 is 5.82 Å². The SMILES string of the molecule is Nc1noc(C2CC2)c1-c1ccc(OC(F)F)cc1. The Balaban J connectivity index is 1.91. The van der Waals surface area contributed by atoms with Crippen LogP contribution in [-0.4, -0.2) is 11.8 Å². The third kappa shape index (κ3) is 2.38. The van der Waals surface area contributed by atoms with Crippen LogP contribution in [0.2, 0.25) is 0 Å². The first-order chi connectivity index (χ1) is 9.15. The van der Waals surface area contributed by atoms with Crippen molar-refractivity contribution in [1.82, 2.24) is 5.16 Å². The molecule has 2 aromatic rings. The van der Waals surface area contributed by atoms with Crippen molar-refractivity contribution in [2.75, 3.05) is 5.73 Å². The summed E-state index contributed by atoms with van der Waals surface area (Å²) < 4.78 is 33.7. The van der Waals surface area contributed by atoms with E-state index >= 15 is 0 Å². The molecule has 0 amide bonds. The van der Waals surface area contributed by atoms with Crippen molar-refractivity contribution in [3.63, 3.8) is 0 Å². The molecular weight excluding hydrogens is 254 g/mol. The van der Waals surface area contributed by atoms with E-state index in [0.29, 0.717) is 11.7 Å². The van der Waals surface area contributed by atoms with Crippen LogP contribution in [0.5, 0.6) is 5.75 Å². The second-order valence-corrected chi connectivity index (χ2v) is 4.48. The van der Waals surface area contributed by atoms with Gasteiger partial charge in [0.05, 0.1) is 5.56 Å². The van der Waals surface area contributed by atoms with E-state index < -0.39 is 6.61 Å². The molecule has 1 aromatic heterocycles. The van der Waals surface area contributed by atoms with Crippen LogP contribution in [-0.2, 0) is 0 Å². The molecule has 0 aliphatic heterocycles. The fourth-order valence-corrected chi connectivity index (χ4v) is 2.03. The number of hydrogen-bond acceptors (Lipinski definition) is 4. The lowest BCUT2D eigenvalue weighted by molar-refractivity contribution is -0.0498. The molecule has 1 aliphatic carbocycles. The molecule has 1 aliphatic rings. The van der Waals surface area contributed by atoms with Gasteiger partial charge in [0.25, 0.3) is 0 Å². The fourth-order valence-electron chi connectivity index (χ4n) is 2.03. The summed E-state index contributed by atoms with van der Waals surface area (Å²) >= 11 is 0. The Morgan fingerprint density at radius 1 is 1.26 bits per heavy atom. The first-order valence-corrected chi connectivity index (χ1v) is 5.95. The van der Waals surface area contributed by atoms with E-state index in [9.17, 15) is 8.78 Å². The average molecular weight is 266 g/mol. The summed E-state index contributed by atoms with van der Waals surface area (Å²) in [5.41, 5.74) is 7.35. The number of nitrogens with two attached hydrogens (primary N) is 1. The van der Waals surface area contributed by atoms with Crippen molar-refractivity contribution in [2.24, 2.45) is 0 Å². The summed E-state index contributed by atoms with van der Waals surface area (Å²) in [5.74, 6) is 1.59. The van der Waals surface area contributed by atoms with Gasteiger partial charge in [0.15, 0.2) is 5.82 Å². The quantitative estimate of drug-likeness (QED) is 0.921. The Morgan fingerprint density at radius 3 is 2.53 bits per heavy atom. The molecule has 6 heteroatoms. The topological polar surface area (TPSA) is 61.3 Å². The second-order valence-electron chi connectivity index (χ2n) is 4.48. The number of halogens is 2. The first kappa shape index (κ1) is 12.0. The normalized spacial score (nSPS) is 14.9. The van der Waals surface area contributed by atoms with Crippen molar-refractivity contribution in [1.29, 1.82) is 0 Å². The molecule has 1 saturated carbocycles. The highest BCUT2D eigenvalue weighted by molar-refractivity contribution is 5.76. The van der Waals surface area contributed by atoms with E-state index in [0.717, 1.165) is 29.7 Å². The van der Waals surface area contributed by atoms with Crippen LogP contribution in [0.1, 0.15) is 24.5 Å². The number of hydrogen-bond donors (Lipinski definition) is 1. The number of alkyl halides is 2. The van der Waals surface area contributed by atoms with E-state index in [1.165, 1.54) is 12.1 Å². The molecule has 2 N–H and O–H groups in total. The van der Waals surface area contributed by atoms with Crippen molar-refractivity contribution in [3.8, 4) is 16.9 Å². The standard InChI is InChI=1S/C13H12F2N2O2/c14-13(15)18-9-5-3-7(4-6-9)10-11(8-1-2-8)19-17-12(10)16/h3-6,8,13H,1-2H2,(H2,16,17). The van der Waals surface area contributed by atoms with Gasteiger partial charge in [-0.25, -0.2) is 0 Å². The van der Waals surface area contributed by atoms with E-state index in [2.05, 4.69) is 9.89 Å². The molecule has 1 aromatic carbocycles. The molecular formula is C13H12F2N2O2. The number of ether oxygens (including phenoxy) is 1. The zero-order valence-electron chi connectivity index (χ0n) is 9.98. The lowest BCUT2D eigenvalue weighted by Crippen LogP contribution is -2.01. The predicted molar refractivity (Wildman–Crippen MR) is 65.0 cm³/mol. The van der Waals surface area contributed by atoms with Crippen LogP contribution in [0, 0.1) is 0 Å².